The van der Waals surface area contributed by atoms with Crippen LogP contribution < -0.4 is 5.73 Å². The predicted octanol–water partition coefficient (Wildman–Crippen LogP) is 2.50. The molecule has 0 atom stereocenters. The van der Waals surface area contributed by atoms with Crippen LogP contribution in [0.25, 0.3) is 21.9 Å². The molecule has 0 aliphatic heterocycles. The van der Waals surface area contributed by atoms with Gasteiger partial charge in [0.05, 0.1) is 5.69 Å². The van der Waals surface area contributed by atoms with Gasteiger partial charge in [-0.3, -0.25) is 0 Å². The highest BCUT2D eigenvalue weighted by molar-refractivity contribution is 5.99. The van der Waals surface area contributed by atoms with Gasteiger partial charge < -0.3 is 15.1 Å². The largest absolute Gasteiger partial charge is 0.462 e. The summed E-state index contributed by atoms with van der Waals surface area (Å²) < 4.78 is 5.29. The molecule has 0 spiro atoms. The molecule has 2 heterocycles. The zero-order valence-corrected chi connectivity index (χ0v) is 6.87. The molecule has 0 aliphatic carbocycles. The molecule has 13 heavy (non-hydrogen) atoms. The fraction of sp³-hybridized carbons (Fsp3) is 0. The number of aromatic amines is 1. The zero-order chi connectivity index (χ0) is 8.84. The van der Waals surface area contributed by atoms with Crippen molar-refractivity contribution >= 4 is 27.6 Å². The maximum absolute atomic E-state index is 5.73. The Hall–Kier alpha value is -1.90. The first-order valence-electron chi connectivity index (χ1n) is 4.08. The maximum atomic E-state index is 5.73. The van der Waals surface area contributed by atoms with E-state index in [4.69, 9.17) is 10.2 Å². The van der Waals surface area contributed by atoms with Gasteiger partial charge in [0.25, 0.3) is 0 Å². The first kappa shape index (κ1) is 6.60. The van der Waals surface area contributed by atoms with Crippen LogP contribution in [0.3, 0.4) is 0 Å². The number of furan rings is 1. The maximum Gasteiger partial charge on any atom is 0.136 e. The number of fused-ring (bicyclic) bond motifs is 2. The number of nitrogens with one attached hydrogen (secondary N) is 1. The molecular formula is C10H8N2O. The standard InChI is InChI=1S/C10H8N2O/c11-8-5-13-10-3-6-1-2-12-9(6)4-7(8)10/h1-5,12H,11H2. The van der Waals surface area contributed by atoms with Crippen LogP contribution in [0, 0.1) is 0 Å². The quantitative estimate of drug-likeness (QED) is 0.547. The second kappa shape index (κ2) is 2.07. The Kier molecular flexibility index (Phi) is 1.05. The van der Waals surface area contributed by atoms with Gasteiger partial charge in [0.15, 0.2) is 0 Å². The smallest absolute Gasteiger partial charge is 0.136 e. The van der Waals surface area contributed by atoms with Crippen LogP contribution in [0.4, 0.5) is 5.69 Å². The number of nitrogen functional groups attached to an aromatic ring is 1. The highest BCUT2D eigenvalue weighted by Gasteiger charge is 2.04. The minimum absolute atomic E-state index is 0.687. The summed E-state index contributed by atoms with van der Waals surface area (Å²) in [6.07, 6.45) is 3.48. The summed E-state index contributed by atoms with van der Waals surface area (Å²) >= 11 is 0. The van der Waals surface area contributed by atoms with Crippen molar-refractivity contribution in [2.75, 3.05) is 5.73 Å². The zero-order valence-electron chi connectivity index (χ0n) is 6.87. The fourth-order valence-corrected chi connectivity index (χ4v) is 1.59. The molecule has 0 fully saturated rings. The molecule has 0 bridgehead atoms. The molecule has 3 rings (SSSR count). The molecule has 64 valence electrons. The van der Waals surface area contributed by atoms with Gasteiger partial charge in [-0.2, -0.15) is 0 Å². The minimum Gasteiger partial charge on any atom is -0.462 e. The third-order valence-electron chi connectivity index (χ3n) is 2.28. The number of hydrogen-bond donors (Lipinski definition) is 2. The molecule has 0 unspecified atom stereocenters. The number of aromatic nitrogens is 1. The van der Waals surface area contributed by atoms with E-state index in [-0.39, 0.29) is 0 Å². The Labute approximate surface area is 74.1 Å². The topological polar surface area (TPSA) is 54.9 Å². The van der Waals surface area contributed by atoms with Crippen molar-refractivity contribution in [1.82, 2.24) is 4.98 Å². The summed E-state index contributed by atoms with van der Waals surface area (Å²) in [6.45, 7) is 0. The van der Waals surface area contributed by atoms with Crippen LogP contribution >= 0.6 is 0 Å². The van der Waals surface area contributed by atoms with Gasteiger partial charge >= 0.3 is 0 Å². The summed E-state index contributed by atoms with van der Waals surface area (Å²) in [5, 5.41) is 2.11. The first-order chi connectivity index (χ1) is 6.34. The van der Waals surface area contributed by atoms with Gasteiger partial charge in [0.2, 0.25) is 0 Å². The average molecular weight is 172 g/mol. The minimum atomic E-state index is 0.687. The van der Waals surface area contributed by atoms with Crippen LogP contribution in [0.5, 0.6) is 0 Å². The van der Waals surface area contributed by atoms with E-state index in [1.165, 1.54) is 0 Å². The van der Waals surface area contributed by atoms with Gasteiger partial charge in [0.1, 0.15) is 11.8 Å². The Morgan fingerprint density at radius 3 is 3.15 bits per heavy atom. The SMILES string of the molecule is Nc1coc2cc3cc[nH]c3cc12. The molecule has 0 saturated heterocycles. The summed E-state index contributed by atoms with van der Waals surface area (Å²) in [5.41, 5.74) is 8.34. The van der Waals surface area contributed by atoms with Gasteiger partial charge in [-0.05, 0) is 18.2 Å². The van der Waals surface area contributed by atoms with Crippen molar-refractivity contribution in [3.8, 4) is 0 Å². The van der Waals surface area contributed by atoms with Crippen LogP contribution in [0.2, 0.25) is 0 Å². The van der Waals surface area contributed by atoms with Gasteiger partial charge in [-0.15, -0.1) is 0 Å². The highest BCUT2D eigenvalue weighted by Crippen LogP contribution is 2.27. The first-order valence-corrected chi connectivity index (χ1v) is 4.08. The third kappa shape index (κ3) is 0.783. The Balaban J connectivity index is 2.59. The predicted molar refractivity (Wildman–Crippen MR) is 52.5 cm³/mol. The molecule has 3 nitrogen and oxygen atoms in total. The van der Waals surface area contributed by atoms with Gasteiger partial charge in [0, 0.05) is 22.5 Å². The average Bonchev–Trinajstić information content (AvgIpc) is 2.70. The van der Waals surface area contributed by atoms with Crippen LogP contribution in [0.15, 0.2) is 35.1 Å². The molecule has 0 aliphatic rings. The summed E-state index contributed by atoms with van der Waals surface area (Å²) in [5.74, 6) is 0. The Morgan fingerprint density at radius 2 is 2.23 bits per heavy atom. The van der Waals surface area contributed by atoms with E-state index in [9.17, 15) is 0 Å². The highest BCUT2D eigenvalue weighted by atomic mass is 16.3. The van der Waals surface area contributed by atoms with E-state index in [1.54, 1.807) is 6.26 Å². The van der Waals surface area contributed by atoms with E-state index in [0.29, 0.717) is 5.69 Å². The van der Waals surface area contributed by atoms with Crippen molar-refractivity contribution in [2.24, 2.45) is 0 Å². The lowest BCUT2D eigenvalue weighted by molar-refractivity contribution is 0.618. The van der Waals surface area contributed by atoms with Crippen LogP contribution in [-0.4, -0.2) is 4.98 Å². The normalized spacial score (nSPS) is 11.4. The Bertz CT molecular complexity index is 577. The molecule has 1 aromatic carbocycles. The van der Waals surface area contributed by atoms with E-state index < -0.39 is 0 Å². The molecule has 3 heteroatoms. The van der Waals surface area contributed by atoms with E-state index in [1.807, 2.05) is 24.4 Å². The van der Waals surface area contributed by atoms with E-state index >= 15 is 0 Å². The number of anilines is 1. The number of H-pyrrole nitrogens is 1. The molecule has 2 aromatic heterocycles. The third-order valence-corrected chi connectivity index (χ3v) is 2.28. The number of benzene rings is 1. The molecule has 0 saturated carbocycles. The number of nitrogens with two attached hydrogens (primary N) is 1. The van der Waals surface area contributed by atoms with Crippen molar-refractivity contribution < 1.29 is 4.42 Å². The van der Waals surface area contributed by atoms with Gasteiger partial charge in [-0.25, -0.2) is 0 Å². The molecular weight excluding hydrogens is 164 g/mol. The van der Waals surface area contributed by atoms with Crippen LogP contribution in [-0.2, 0) is 0 Å². The van der Waals surface area contributed by atoms with Gasteiger partial charge in [-0.1, -0.05) is 0 Å². The van der Waals surface area contributed by atoms with Crippen molar-refractivity contribution in [3.05, 3.63) is 30.7 Å². The monoisotopic (exact) mass is 172 g/mol. The Morgan fingerprint density at radius 1 is 1.31 bits per heavy atom. The summed E-state index contributed by atoms with van der Waals surface area (Å²) in [4.78, 5) is 3.13. The summed E-state index contributed by atoms with van der Waals surface area (Å²) in [7, 11) is 0. The fourth-order valence-electron chi connectivity index (χ4n) is 1.59. The van der Waals surface area contributed by atoms with E-state index in [2.05, 4.69) is 4.98 Å². The van der Waals surface area contributed by atoms with Crippen molar-refractivity contribution in [1.29, 1.82) is 0 Å². The lowest BCUT2D eigenvalue weighted by Crippen LogP contribution is -1.79. The number of rotatable bonds is 0. The number of hydrogen-bond acceptors (Lipinski definition) is 2. The molecule has 0 radical (unpaired) electrons. The lowest BCUT2D eigenvalue weighted by atomic mass is 10.2. The second-order valence-corrected chi connectivity index (χ2v) is 3.10. The summed E-state index contributed by atoms with van der Waals surface area (Å²) in [6, 6.07) is 5.99. The molecule has 3 aromatic rings. The van der Waals surface area contributed by atoms with Crippen molar-refractivity contribution in [2.45, 2.75) is 0 Å². The van der Waals surface area contributed by atoms with Crippen LogP contribution in [0.1, 0.15) is 0 Å². The molecule has 3 N–H and O–H groups in total. The molecule has 0 amide bonds. The van der Waals surface area contributed by atoms with E-state index in [0.717, 1.165) is 21.9 Å². The lowest BCUT2D eigenvalue weighted by Gasteiger charge is -1.91. The second-order valence-electron chi connectivity index (χ2n) is 3.10. The van der Waals surface area contributed by atoms with Crippen molar-refractivity contribution in [3.63, 3.8) is 0 Å².